The predicted molar refractivity (Wildman–Crippen MR) is 153 cm³/mol. The van der Waals surface area contributed by atoms with Crippen LogP contribution in [-0.2, 0) is 4.74 Å². The Balaban J connectivity index is 1.24. The summed E-state index contributed by atoms with van der Waals surface area (Å²) in [6, 6.07) is 37.2. The fourth-order valence-electron chi connectivity index (χ4n) is 4.39. The zero-order valence-corrected chi connectivity index (χ0v) is 20.9. The van der Waals surface area contributed by atoms with Gasteiger partial charge in [0.15, 0.2) is 0 Å². The summed E-state index contributed by atoms with van der Waals surface area (Å²) in [6.07, 6.45) is 0. The first-order valence-electron chi connectivity index (χ1n) is 12.7. The lowest BCUT2D eigenvalue weighted by atomic mass is 10.1. The van der Waals surface area contributed by atoms with Gasteiger partial charge >= 0.3 is 0 Å². The highest BCUT2D eigenvalue weighted by molar-refractivity contribution is 5.69. The lowest BCUT2D eigenvalue weighted by Crippen LogP contribution is -2.37. The van der Waals surface area contributed by atoms with Gasteiger partial charge in [0.05, 0.1) is 13.2 Å². The van der Waals surface area contributed by atoms with Crippen molar-refractivity contribution in [3.05, 3.63) is 109 Å². The number of morpholine rings is 1. The van der Waals surface area contributed by atoms with Crippen molar-refractivity contribution in [2.24, 2.45) is 0 Å². The number of benzene rings is 4. The van der Waals surface area contributed by atoms with Gasteiger partial charge in [-0.3, -0.25) is 0 Å². The Kier molecular flexibility index (Phi) is 6.91. The molecule has 0 unspecified atom stereocenters. The van der Waals surface area contributed by atoms with Gasteiger partial charge in [0.2, 0.25) is 17.8 Å². The molecule has 0 saturated carbocycles. The number of aromatic nitrogens is 3. The maximum absolute atomic E-state index is 5.52. The number of nitrogens with one attached hydrogen (secondary N) is 2. The molecule has 2 N–H and O–H groups in total. The Morgan fingerprint density at radius 2 is 0.921 bits per heavy atom. The van der Waals surface area contributed by atoms with E-state index in [1.807, 2.05) is 60.7 Å². The van der Waals surface area contributed by atoms with E-state index in [-0.39, 0.29) is 0 Å². The smallest absolute Gasteiger partial charge is 0.233 e. The minimum atomic E-state index is 0.484. The predicted octanol–water partition coefficient (Wildman–Crippen LogP) is 6.53. The van der Waals surface area contributed by atoms with Crippen LogP contribution in [0.3, 0.4) is 0 Å². The van der Waals surface area contributed by atoms with E-state index in [0.717, 1.165) is 35.6 Å². The van der Waals surface area contributed by atoms with E-state index in [9.17, 15) is 0 Å². The van der Waals surface area contributed by atoms with Crippen LogP contribution < -0.4 is 15.5 Å². The Hall–Kier alpha value is -4.75. The molecule has 0 spiro atoms. The SMILES string of the molecule is c1ccc(-c2ccc(Nc3nc(Nc4ccc(-c5ccccc5)cc4)nc(N4CCOCC4)n3)cc2)cc1. The average molecular weight is 501 g/mol. The van der Waals surface area contributed by atoms with E-state index in [4.69, 9.17) is 14.7 Å². The van der Waals surface area contributed by atoms with Crippen LogP contribution in [0.4, 0.5) is 29.2 Å². The first kappa shape index (κ1) is 23.6. The molecule has 188 valence electrons. The standard InChI is InChI=1S/C31H28N6O/c1-3-7-23(8-4-1)25-11-15-27(16-12-25)32-29-34-30(36-31(35-29)37-19-21-38-22-20-37)33-28-17-13-26(14-18-28)24-9-5-2-6-10-24/h1-18H,19-22H2,(H2,32,33,34,35,36). The summed E-state index contributed by atoms with van der Waals surface area (Å²) < 4.78 is 5.52. The number of anilines is 5. The molecule has 7 heteroatoms. The summed E-state index contributed by atoms with van der Waals surface area (Å²) >= 11 is 0. The van der Waals surface area contributed by atoms with Crippen molar-refractivity contribution >= 4 is 29.2 Å². The maximum atomic E-state index is 5.52. The fraction of sp³-hybridized carbons (Fsp3) is 0.129. The van der Waals surface area contributed by atoms with Crippen LogP contribution in [0.5, 0.6) is 0 Å². The van der Waals surface area contributed by atoms with E-state index in [2.05, 4.69) is 69.0 Å². The van der Waals surface area contributed by atoms with Crippen molar-refractivity contribution in [1.82, 2.24) is 15.0 Å². The van der Waals surface area contributed by atoms with Crippen LogP contribution in [0.2, 0.25) is 0 Å². The molecule has 2 heterocycles. The summed E-state index contributed by atoms with van der Waals surface area (Å²) in [5.41, 5.74) is 6.48. The second-order valence-corrected chi connectivity index (χ2v) is 9.02. The molecule has 5 aromatic rings. The quantitative estimate of drug-likeness (QED) is 0.263. The number of hydrogen-bond donors (Lipinski definition) is 2. The topological polar surface area (TPSA) is 75.2 Å². The van der Waals surface area contributed by atoms with Gasteiger partial charge < -0.3 is 20.3 Å². The van der Waals surface area contributed by atoms with E-state index in [0.29, 0.717) is 31.1 Å². The van der Waals surface area contributed by atoms with Crippen molar-refractivity contribution < 1.29 is 4.74 Å². The van der Waals surface area contributed by atoms with Crippen LogP contribution in [0.1, 0.15) is 0 Å². The first-order chi connectivity index (χ1) is 18.8. The van der Waals surface area contributed by atoms with E-state index in [1.165, 1.54) is 11.1 Å². The number of rotatable bonds is 7. The van der Waals surface area contributed by atoms with Gasteiger partial charge in [0, 0.05) is 24.5 Å². The molecule has 1 fully saturated rings. The molecule has 0 radical (unpaired) electrons. The van der Waals surface area contributed by atoms with Gasteiger partial charge in [-0.05, 0) is 46.5 Å². The van der Waals surface area contributed by atoms with Crippen LogP contribution in [0.25, 0.3) is 22.3 Å². The number of hydrogen-bond acceptors (Lipinski definition) is 7. The van der Waals surface area contributed by atoms with Gasteiger partial charge in [0.1, 0.15) is 0 Å². The molecule has 1 aliphatic rings. The molecule has 0 amide bonds. The monoisotopic (exact) mass is 500 g/mol. The molecule has 0 aliphatic carbocycles. The molecule has 0 atom stereocenters. The Morgan fingerprint density at radius 1 is 0.500 bits per heavy atom. The molecule has 1 aliphatic heterocycles. The lowest BCUT2D eigenvalue weighted by molar-refractivity contribution is 0.122. The van der Waals surface area contributed by atoms with Crippen LogP contribution in [0, 0.1) is 0 Å². The normalized spacial score (nSPS) is 13.2. The van der Waals surface area contributed by atoms with Gasteiger partial charge in [-0.15, -0.1) is 0 Å². The van der Waals surface area contributed by atoms with Crippen LogP contribution >= 0.6 is 0 Å². The maximum Gasteiger partial charge on any atom is 0.233 e. The van der Waals surface area contributed by atoms with Gasteiger partial charge in [0.25, 0.3) is 0 Å². The summed E-state index contributed by atoms with van der Waals surface area (Å²) in [5.74, 6) is 1.59. The average Bonchev–Trinajstić information content (AvgIpc) is 2.99. The Bertz CT molecular complexity index is 1370. The largest absolute Gasteiger partial charge is 0.378 e. The number of ether oxygens (including phenoxy) is 1. The van der Waals surface area contributed by atoms with E-state index >= 15 is 0 Å². The third-order valence-corrected chi connectivity index (χ3v) is 6.41. The highest BCUT2D eigenvalue weighted by Crippen LogP contribution is 2.26. The summed E-state index contributed by atoms with van der Waals surface area (Å²) in [7, 11) is 0. The van der Waals surface area contributed by atoms with Crippen molar-refractivity contribution in [3.63, 3.8) is 0 Å². The van der Waals surface area contributed by atoms with Crippen molar-refractivity contribution in [3.8, 4) is 22.3 Å². The second kappa shape index (κ2) is 11.1. The van der Waals surface area contributed by atoms with Crippen molar-refractivity contribution in [2.45, 2.75) is 0 Å². The zero-order valence-electron chi connectivity index (χ0n) is 20.9. The van der Waals surface area contributed by atoms with Gasteiger partial charge in [-0.25, -0.2) is 0 Å². The molecule has 1 aromatic heterocycles. The molecular weight excluding hydrogens is 472 g/mol. The lowest BCUT2D eigenvalue weighted by Gasteiger charge is -2.27. The molecule has 7 nitrogen and oxygen atoms in total. The molecule has 4 aromatic carbocycles. The minimum absolute atomic E-state index is 0.484. The van der Waals surface area contributed by atoms with Gasteiger partial charge in [-0.2, -0.15) is 15.0 Å². The molecule has 1 saturated heterocycles. The van der Waals surface area contributed by atoms with Crippen molar-refractivity contribution in [1.29, 1.82) is 0 Å². The number of nitrogens with zero attached hydrogens (tertiary/aromatic N) is 4. The fourth-order valence-corrected chi connectivity index (χ4v) is 4.39. The Labute approximate surface area is 222 Å². The highest BCUT2D eigenvalue weighted by Gasteiger charge is 2.17. The second-order valence-electron chi connectivity index (χ2n) is 9.02. The highest BCUT2D eigenvalue weighted by atomic mass is 16.5. The van der Waals surface area contributed by atoms with Crippen molar-refractivity contribution in [2.75, 3.05) is 41.8 Å². The summed E-state index contributed by atoms with van der Waals surface area (Å²) in [5, 5.41) is 6.72. The first-order valence-corrected chi connectivity index (χ1v) is 12.7. The van der Waals surface area contributed by atoms with E-state index in [1.54, 1.807) is 0 Å². The zero-order chi connectivity index (χ0) is 25.6. The third kappa shape index (κ3) is 5.63. The molecule has 6 rings (SSSR count). The summed E-state index contributed by atoms with van der Waals surface area (Å²) in [4.78, 5) is 16.3. The van der Waals surface area contributed by atoms with Crippen LogP contribution in [-0.4, -0.2) is 41.3 Å². The third-order valence-electron chi connectivity index (χ3n) is 6.41. The minimum Gasteiger partial charge on any atom is -0.378 e. The molecule has 0 bridgehead atoms. The van der Waals surface area contributed by atoms with Gasteiger partial charge in [-0.1, -0.05) is 84.9 Å². The summed E-state index contributed by atoms with van der Waals surface area (Å²) in [6.45, 7) is 2.78. The Morgan fingerprint density at radius 3 is 1.37 bits per heavy atom. The van der Waals surface area contributed by atoms with E-state index < -0.39 is 0 Å². The molecular formula is C31H28N6O. The molecule has 38 heavy (non-hydrogen) atoms. The van der Waals surface area contributed by atoms with Crippen LogP contribution in [0.15, 0.2) is 109 Å².